The Morgan fingerprint density at radius 1 is 1.10 bits per heavy atom. The van der Waals surface area contributed by atoms with Gasteiger partial charge in [0, 0.05) is 34.6 Å². The minimum Gasteiger partial charge on any atom is -0.508 e. The number of carbonyl (C=O) groups excluding carboxylic acids is 1. The molecule has 5 heteroatoms. The fourth-order valence-corrected chi connectivity index (χ4v) is 5.55. The van der Waals surface area contributed by atoms with Crippen LogP contribution < -0.4 is 5.32 Å². The van der Waals surface area contributed by atoms with Crippen molar-refractivity contribution in [3.8, 4) is 11.4 Å². The summed E-state index contributed by atoms with van der Waals surface area (Å²) < 4.78 is 1.98. The molecule has 1 aliphatic rings. The third-order valence-corrected chi connectivity index (χ3v) is 6.25. The Bertz CT molecular complexity index is 1100. The predicted molar refractivity (Wildman–Crippen MR) is 123 cm³/mol. The average molecular weight is 425 g/mol. The highest BCUT2D eigenvalue weighted by Crippen LogP contribution is 2.36. The molecule has 1 aromatic heterocycles. The first-order valence-electron chi connectivity index (χ1n) is 10.5. The lowest BCUT2D eigenvalue weighted by molar-refractivity contribution is 0.0864. The average Bonchev–Trinajstić information content (AvgIpc) is 3.01. The van der Waals surface area contributed by atoms with Gasteiger partial charge in [0.15, 0.2) is 5.78 Å². The smallest absolute Gasteiger partial charge is 0.163 e. The molecule has 3 aromatic rings. The fourth-order valence-electron chi connectivity index (χ4n) is 5.27. The summed E-state index contributed by atoms with van der Waals surface area (Å²) >= 11 is 6.60. The van der Waals surface area contributed by atoms with Gasteiger partial charge in [0.05, 0.1) is 16.2 Å². The molecule has 1 saturated heterocycles. The Morgan fingerprint density at radius 2 is 1.80 bits per heavy atom. The summed E-state index contributed by atoms with van der Waals surface area (Å²) in [5.74, 6) is 0.726. The van der Waals surface area contributed by atoms with E-state index in [2.05, 4.69) is 33.0 Å². The third-order valence-electron chi connectivity index (χ3n) is 5.95. The molecule has 0 unspecified atom stereocenters. The summed E-state index contributed by atoms with van der Waals surface area (Å²) in [7, 11) is 0. The van der Waals surface area contributed by atoms with Gasteiger partial charge in [-0.1, -0.05) is 11.6 Å². The van der Waals surface area contributed by atoms with Crippen LogP contribution in [0.15, 0.2) is 48.7 Å². The van der Waals surface area contributed by atoms with Crippen LogP contribution in [0.25, 0.3) is 16.6 Å². The molecule has 0 spiro atoms. The van der Waals surface area contributed by atoms with Crippen LogP contribution in [0, 0.1) is 5.92 Å². The molecule has 4 rings (SSSR count). The molecule has 2 aromatic carbocycles. The first-order valence-corrected chi connectivity index (χ1v) is 10.8. The number of halogens is 1. The number of aromatic hydroxyl groups is 1. The number of rotatable bonds is 4. The maximum Gasteiger partial charge on any atom is 0.163 e. The van der Waals surface area contributed by atoms with E-state index >= 15 is 0 Å². The summed E-state index contributed by atoms with van der Waals surface area (Å²) in [6.45, 7) is 8.83. The molecule has 158 valence electrons. The van der Waals surface area contributed by atoms with Crippen LogP contribution in [-0.4, -0.2) is 26.5 Å². The molecule has 1 fully saturated rings. The van der Waals surface area contributed by atoms with Gasteiger partial charge in [0.2, 0.25) is 0 Å². The number of Topliss-reactive ketones (excluding diaryl/α,β-unsaturated/α-hetero) is 1. The van der Waals surface area contributed by atoms with Gasteiger partial charge >= 0.3 is 0 Å². The van der Waals surface area contributed by atoms with E-state index in [-0.39, 0.29) is 22.6 Å². The van der Waals surface area contributed by atoms with Crippen LogP contribution in [0.1, 0.15) is 57.3 Å². The largest absolute Gasteiger partial charge is 0.508 e. The Labute approximate surface area is 182 Å². The predicted octanol–water partition coefficient (Wildman–Crippen LogP) is 6.12. The molecular weight excluding hydrogens is 396 g/mol. The number of carbonyl (C=O) groups is 1. The summed E-state index contributed by atoms with van der Waals surface area (Å²) in [6, 6.07) is 12.7. The quantitative estimate of drug-likeness (QED) is 0.496. The minimum absolute atomic E-state index is 0.0259. The van der Waals surface area contributed by atoms with Crippen LogP contribution in [0.2, 0.25) is 5.02 Å². The highest BCUT2D eigenvalue weighted by Gasteiger charge is 2.38. The van der Waals surface area contributed by atoms with Crippen molar-refractivity contribution in [1.29, 1.82) is 0 Å². The number of benzene rings is 2. The van der Waals surface area contributed by atoms with Crippen LogP contribution in [0.5, 0.6) is 5.75 Å². The van der Waals surface area contributed by atoms with Gasteiger partial charge in [-0.15, -0.1) is 0 Å². The monoisotopic (exact) mass is 424 g/mol. The van der Waals surface area contributed by atoms with Gasteiger partial charge in [0.25, 0.3) is 0 Å². The zero-order valence-corrected chi connectivity index (χ0v) is 18.8. The molecule has 30 heavy (non-hydrogen) atoms. The fraction of sp³-hybridized carbons (Fsp3) is 0.400. The van der Waals surface area contributed by atoms with Gasteiger partial charge in [0.1, 0.15) is 5.75 Å². The lowest BCUT2D eigenvalue weighted by Crippen LogP contribution is -2.57. The minimum atomic E-state index is 0.0259. The van der Waals surface area contributed by atoms with Crippen molar-refractivity contribution >= 4 is 28.3 Å². The second kappa shape index (κ2) is 7.44. The molecule has 0 saturated carbocycles. The topological polar surface area (TPSA) is 54.3 Å². The van der Waals surface area contributed by atoms with Gasteiger partial charge in [-0.05, 0) is 88.9 Å². The highest BCUT2D eigenvalue weighted by atomic mass is 35.5. The van der Waals surface area contributed by atoms with Crippen molar-refractivity contribution in [1.82, 2.24) is 9.88 Å². The van der Waals surface area contributed by atoms with Gasteiger partial charge < -0.3 is 15.0 Å². The van der Waals surface area contributed by atoms with Gasteiger partial charge in [-0.3, -0.25) is 4.79 Å². The van der Waals surface area contributed by atoms with Crippen LogP contribution in [0.3, 0.4) is 0 Å². The molecule has 0 atom stereocenters. The van der Waals surface area contributed by atoms with E-state index in [4.69, 9.17) is 11.6 Å². The molecule has 2 N–H and O–H groups in total. The Morgan fingerprint density at radius 3 is 2.47 bits per heavy atom. The van der Waals surface area contributed by atoms with Crippen LogP contribution in [-0.2, 0) is 0 Å². The number of hydrogen-bond donors (Lipinski definition) is 2. The zero-order chi connectivity index (χ0) is 21.7. The SMILES string of the molecule is CC1(C)CC(CC(=O)c2ccc(-n3ccc4cc(O)ccc43)c(Cl)c2)CC(C)(C)N1. The molecular formula is C25H29ClN2O2. The molecule has 2 heterocycles. The molecule has 0 bridgehead atoms. The van der Waals surface area contributed by atoms with Gasteiger partial charge in [-0.25, -0.2) is 0 Å². The lowest BCUT2D eigenvalue weighted by Gasteiger charge is -2.46. The van der Waals surface area contributed by atoms with Crippen molar-refractivity contribution in [2.75, 3.05) is 0 Å². The number of aromatic nitrogens is 1. The summed E-state index contributed by atoms with van der Waals surface area (Å²) in [5.41, 5.74) is 2.48. The summed E-state index contributed by atoms with van der Waals surface area (Å²) in [5, 5.41) is 14.8. The number of piperidine rings is 1. The van der Waals surface area contributed by atoms with Crippen molar-refractivity contribution in [2.45, 2.75) is 58.0 Å². The maximum atomic E-state index is 13.0. The number of nitrogens with one attached hydrogen (secondary N) is 1. The first kappa shape index (κ1) is 21.0. The normalized spacial score (nSPS) is 18.6. The number of nitrogens with zero attached hydrogens (tertiary/aromatic N) is 1. The van der Waals surface area contributed by atoms with Crippen LogP contribution in [0.4, 0.5) is 0 Å². The van der Waals surface area contributed by atoms with E-state index < -0.39 is 0 Å². The van der Waals surface area contributed by atoms with Crippen molar-refractivity contribution in [3.63, 3.8) is 0 Å². The molecule has 0 aliphatic carbocycles. The molecule has 1 aliphatic heterocycles. The van der Waals surface area contributed by atoms with E-state index in [0.29, 0.717) is 22.9 Å². The van der Waals surface area contributed by atoms with E-state index in [9.17, 15) is 9.90 Å². The van der Waals surface area contributed by atoms with Crippen molar-refractivity contribution in [2.24, 2.45) is 5.92 Å². The molecule has 4 nitrogen and oxygen atoms in total. The zero-order valence-electron chi connectivity index (χ0n) is 18.0. The molecule has 0 radical (unpaired) electrons. The third kappa shape index (κ3) is 4.26. The lowest BCUT2D eigenvalue weighted by atomic mass is 9.74. The molecule has 0 amide bonds. The van der Waals surface area contributed by atoms with Crippen molar-refractivity contribution < 1.29 is 9.90 Å². The van der Waals surface area contributed by atoms with Gasteiger partial charge in [-0.2, -0.15) is 0 Å². The van der Waals surface area contributed by atoms with E-state index in [1.165, 1.54) is 0 Å². The van der Waals surface area contributed by atoms with Crippen molar-refractivity contribution in [3.05, 3.63) is 59.2 Å². The van der Waals surface area contributed by atoms with E-state index in [1.807, 2.05) is 35.0 Å². The Hall–Kier alpha value is -2.30. The Balaban J connectivity index is 1.56. The summed E-state index contributed by atoms with van der Waals surface area (Å²) in [6.07, 6.45) is 4.42. The standard InChI is InChI=1S/C25H29ClN2O2/c1-24(2)14-16(15-25(3,4)27-24)11-23(30)18-5-7-22(20(26)13-18)28-10-9-17-12-19(29)6-8-21(17)28/h5-10,12-13,16,27,29H,11,14-15H2,1-4H3. The van der Waals surface area contributed by atoms with Crippen LogP contribution >= 0.6 is 11.6 Å². The van der Waals surface area contributed by atoms with E-state index in [0.717, 1.165) is 29.4 Å². The Kier molecular flexibility index (Phi) is 5.19. The number of phenolic OH excluding ortho intramolecular Hbond substituents is 1. The highest BCUT2D eigenvalue weighted by molar-refractivity contribution is 6.33. The second-order valence-corrected chi connectivity index (χ2v) is 10.3. The first-order chi connectivity index (χ1) is 14.0. The number of ketones is 1. The van der Waals surface area contributed by atoms with E-state index in [1.54, 1.807) is 18.2 Å². The maximum absolute atomic E-state index is 13.0. The number of hydrogen-bond acceptors (Lipinski definition) is 3. The number of fused-ring (bicyclic) bond motifs is 1. The summed E-state index contributed by atoms with van der Waals surface area (Å²) in [4.78, 5) is 13.0. The second-order valence-electron chi connectivity index (χ2n) is 9.89. The number of phenols is 1.